The van der Waals surface area contributed by atoms with Gasteiger partial charge in [0.1, 0.15) is 11.6 Å². The number of hydrogen-bond donors (Lipinski definition) is 3. The molecule has 1 atom stereocenters. The van der Waals surface area contributed by atoms with Crippen molar-refractivity contribution in [3.8, 4) is 0 Å². The lowest BCUT2D eigenvalue weighted by atomic mass is 9.98. The highest BCUT2D eigenvalue weighted by molar-refractivity contribution is 6.16. The Hall–Kier alpha value is -4.27. The fraction of sp³-hybridized carbons (Fsp3) is 0.192. The monoisotopic (exact) mass is 477 g/mol. The van der Waals surface area contributed by atoms with Crippen LogP contribution < -0.4 is 11.1 Å². The Kier molecular flexibility index (Phi) is 8.50. The third-order valence-electron chi connectivity index (χ3n) is 5.34. The molecule has 7 nitrogen and oxygen atoms in total. The van der Waals surface area contributed by atoms with Gasteiger partial charge in [-0.05, 0) is 66.9 Å². The van der Waals surface area contributed by atoms with Crippen molar-refractivity contribution in [1.29, 1.82) is 5.41 Å². The molecule has 180 valence electrons. The van der Waals surface area contributed by atoms with E-state index in [1.54, 1.807) is 6.20 Å². The summed E-state index contributed by atoms with van der Waals surface area (Å²) in [5, 5.41) is 14.1. The Bertz CT molecular complexity index is 1260. The van der Waals surface area contributed by atoms with Crippen molar-refractivity contribution >= 4 is 17.3 Å². The summed E-state index contributed by atoms with van der Waals surface area (Å²) in [7, 11) is 0. The van der Waals surface area contributed by atoms with Gasteiger partial charge in [0.05, 0.1) is 17.8 Å². The van der Waals surface area contributed by atoms with Crippen molar-refractivity contribution in [3.05, 3.63) is 111 Å². The minimum atomic E-state index is -0.766. The third kappa shape index (κ3) is 6.86. The van der Waals surface area contributed by atoms with Crippen LogP contribution in [0.4, 0.5) is 8.78 Å². The zero-order valence-electron chi connectivity index (χ0n) is 19.1. The summed E-state index contributed by atoms with van der Waals surface area (Å²) in [4.78, 5) is 28.1. The van der Waals surface area contributed by atoms with E-state index in [-0.39, 0.29) is 35.5 Å². The molecule has 0 spiro atoms. The summed E-state index contributed by atoms with van der Waals surface area (Å²) in [6.45, 7) is 1.90. The number of pyridine rings is 1. The summed E-state index contributed by atoms with van der Waals surface area (Å²) >= 11 is 0. The van der Waals surface area contributed by atoms with Crippen LogP contribution in [0.3, 0.4) is 0 Å². The zero-order valence-corrected chi connectivity index (χ0v) is 19.1. The second kappa shape index (κ2) is 11.7. The molecule has 0 saturated heterocycles. The molecule has 1 heterocycles. The van der Waals surface area contributed by atoms with Gasteiger partial charge in [-0.2, -0.15) is 4.91 Å². The maximum atomic E-state index is 14.8. The zero-order chi connectivity index (χ0) is 25.4. The van der Waals surface area contributed by atoms with Crippen molar-refractivity contribution in [2.75, 3.05) is 6.54 Å². The van der Waals surface area contributed by atoms with Crippen LogP contribution >= 0.6 is 0 Å². The number of hydrogen-bond acceptors (Lipinski definition) is 6. The number of aromatic nitrogens is 1. The van der Waals surface area contributed by atoms with Gasteiger partial charge in [-0.25, -0.2) is 8.78 Å². The van der Waals surface area contributed by atoms with E-state index in [1.165, 1.54) is 42.5 Å². The number of aryl methyl sites for hydroxylation is 1. The van der Waals surface area contributed by atoms with Crippen LogP contribution in [0.2, 0.25) is 0 Å². The van der Waals surface area contributed by atoms with Crippen molar-refractivity contribution in [3.63, 3.8) is 0 Å². The average molecular weight is 478 g/mol. The van der Waals surface area contributed by atoms with Gasteiger partial charge in [-0.1, -0.05) is 23.4 Å². The third-order valence-corrected chi connectivity index (χ3v) is 5.34. The Morgan fingerprint density at radius 1 is 1.20 bits per heavy atom. The van der Waals surface area contributed by atoms with Gasteiger partial charge < -0.3 is 16.5 Å². The molecule has 1 amide bonds. The first-order chi connectivity index (χ1) is 16.8. The second-order valence-electron chi connectivity index (χ2n) is 8.02. The molecular formula is C26H25F2N5O2. The first kappa shape index (κ1) is 25.4. The quantitative estimate of drug-likeness (QED) is 0.293. The first-order valence-electron chi connectivity index (χ1n) is 10.9. The first-order valence-corrected chi connectivity index (χ1v) is 10.9. The molecule has 4 N–H and O–H groups in total. The molecule has 0 saturated carbocycles. The number of allylic oxidation sites excluding steroid dienone is 1. The molecule has 0 fully saturated rings. The Morgan fingerprint density at radius 3 is 2.63 bits per heavy atom. The maximum absolute atomic E-state index is 14.8. The normalized spacial score (nSPS) is 12.1. The van der Waals surface area contributed by atoms with Gasteiger partial charge >= 0.3 is 0 Å². The number of carbonyl (C=O) groups excluding carboxylic acids is 1. The SMILES string of the molecule is Cc1ccnc(C[C@@H](CCN=O)NC(=O)c2cccc(F)c2C(=N)/C=C(\N)c2ccc(F)cc2)c1. The van der Waals surface area contributed by atoms with E-state index in [0.29, 0.717) is 12.0 Å². The largest absolute Gasteiger partial charge is 0.398 e. The lowest BCUT2D eigenvalue weighted by molar-refractivity contribution is 0.0934. The molecule has 0 aliphatic rings. The number of nitrogens with zero attached hydrogens (tertiary/aromatic N) is 2. The minimum Gasteiger partial charge on any atom is -0.398 e. The molecule has 3 aromatic rings. The van der Waals surface area contributed by atoms with Gasteiger partial charge in [0.15, 0.2) is 0 Å². The van der Waals surface area contributed by atoms with E-state index in [0.717, 1.165) is 17.3 Å². The number of rotatable bonds is 10. The fourth-order valence-electron chi connectivity index (χ4n) is 3.60. The molecule has 2 aromatic carbocycles. The van der Waals surface area contributed by atoms with E-state index in [1.807, 2.05) is 19.1 Å². The summed E-state index contributed by atoms with van der Waals surface area (Å²) in [6, 6.07) is 12.5. The predicted molar refractivity (Wildman–Crippen MR) is 131 cm³/mol. The number of amides is 1. The molecule has 0 aliphatic heterocycles. The Morgan fingerprint density at radius 2 is 1.94 bits per heavy atom. The van der Waals surface area contributed by atoms with E-state index < -0.39 is 23.6 Å². The number of carbonyl (C=O) groups is 1. The van der Waals surface area contributed by atoms with Crippen LogP contribution in [0.5, 0.6) is 0 Å². The molecule has 0 unspecified atom stereocenters. The lowest BCUT2D eigenvalue weighted by Gasteiger charge is -2.19. The summed E-state index contributed by atoms with van der Waals surface area (Å²) in [5.74, 6) is -1.82. The van der Waals surface area contributed by atoms with Crippen LogP contribution in [0.25, 0.3) is 5.70 Å². The topological polar surface area (TPSA) is 121 Å². The van der Waals surface area contributed by atoms with Crippen molar-refractivity contribution in [2.24, 2.45) is 10.9 Å². The molecule has 0 aliphatic carbocycles. The fourth-order valence-corrected chi connectivity index (χ4v) is 3.60. The maximum Gasteiger partial charge on any atom is 0.252 e. The number of benzene rings is 2. The Labute approximate surface area is 201 Å². The predicted octanol–water partition coefficient (Wildman–Crippen LogP) is 4.53. The van der Waals surface area contributed by atoms with E-state index in [4.69, 9.17) is 11.1 Å². The van der Waals surface area contributed by atoms with E-state index in [9.17, 15) is 18.5 Å². The molecule has 1 aromatic heterocycles. The summed E-state index contributed by atoms with van der Waals surface area (Å²) < 4.78 is 28.0. The van der Waals surface area contributed by atoms with Crippen LogP contribution in [0, 0.1) is 28.9 Å². The van der Waals surface area contributed by atoms with Crippen LogP contribution in [-0.2, 0) is 6.42 Å². The van der Waals surface area contributed by atoms with Gasteiger partial charge in [0.2, 0.25) is 0 Å². The molecule has 9 heteroatoms. The smallest absolute Gasteiger partial charge is 0.252 e. The van der Waals surface area contributed by atoms with Gasteiger partial charge in [0, 0.05) is 35.6 Å². The van der Waals surface area contributed by atoms with Gasteiger partial charge in [0.25, 0.3) is 5.91 Å². The van der Waals surface area contributed by atoms with Crippen LogP contribution in [0.15, 0.2) is 72.0 Å². The van der Waals surface area contributed by atoms with Crippen LogP contribution in [0.1, 0.15) is 39.2 Å². The van der Waals surface area contributed by atoms with Gasteiger partial charge in [-0.3, -0.25) is 9.78 Å². The number of nitroso groups, excluding NO2 is 1. The highest BCUT2D eigenvalue weighted by Crippen LogP contribution is 2.19. The second-order valence-corrected chi connectivity index (χ2v) is 8.02. The van der Waals surface area contributed by atoms with Crippen LogP contribution in [-0.4, -0.2) is 29.2 Å². The standard InChI is InChI=1S/C26H25F2N5O2/c1-16-9-11-31-20(13-16)14-19(10-12-32-35)33-26(34)21-3-2-4-22(28)25(21)24(30)15-23(29)17-5-7-18(27)8-6-17/h2-9,11,13,15,19,30H,10,12,14,29H2,1H3,(H,33,34)/b23-15-,30-24?/t19-/m1/s1. The van der Waals surface area contributed by atoms with E-state index >= 15 is 0 Å². The number of nitrogens with two attached hydrogens (primary N) is 1. The average Bonchev–Trinajstić information content (AvgIpc) is 2.82. The van der Waals surface area contributed by atoms with Crippen molar-refractivity contribution in [2.45, 2.75) is 25.8 Å². The highest BCUT2D eigenvalue weighted by atomic mass is 19.1. The van der Waals surface area contributed by atoms with E-state index in [2.05, 4.69) is 15.5 Å². The van der Waals surface area contributed by atoms with Crippen molar-refractivity contribution < 1.29 is 13.6 Å². The summed E-state index contributed by atoms with van der Waals surface area (Å²) in [6.07, 6.45) is 3.49. The highest BCUT2D eigenvalue weighted by Gasteiger charge is 2.21. The molecule has 0 bridgehead atoms. The number of nitrogens with one attached hydrogen (secondary N) is 2. The molecule has 0 radical (unpaired) electrons. The Balaban J connectivity index is 1.86. The minimum absolute atomic E-state index is 0.0144. The summed E-state index contributed by atoms with van der Waals surface area (Å²) in [5.41, 5.74) is 7.71. The molecule has 3 rings (SSSR count). The molecular weight excluding hydrogens is 452 g/mol. The molecule has 35 heavy (non-hydrogen) atoms. The van der Waals surface area contributed by atoms with Gasteiger partial charge in [-0.15, -0.1) is 0 Å². The number of halogens is 2. The van der Waals surface area contributed by atoms with Crippen molar-refractivity contribution in [1.82, 2.24) is 10.3 Å². The lowest BCUT2D eigenvalue weighted by Crippen LogP contribution is -2.38.